The summed E-state index contributed by atoms with van der Waals surface area (Å²) in [7, 11) is 0. The summed E-state index contributed by atoms with van der Waals surface area (Å²) in [4.78, 5) is 3.18. The van der Waals surface area contributed by atoms with Crippen LogP contribution < -0.4 is 5.32 Å². The molecule has 1 unspecified atom stereocenters. The van der Waals surface area contributed by atoms with Gasteiger partial charge < -0.3 is 10.3 Å². The second kappa shape index (κ2) is 5.08. The first-order chi connectivity index (χ1) is 9.13. The highest BCUT2D eigenvalue weighted by Crippen LogP contribution is 2.36. The minimum atomic E-state index is 0.118. The first-order valence-electron chi connectivity index (χ1n) is 5.92. The maximum Gasteiger partial charge on any atom is 0.0996 e. The first kappa shape index (κ1) is 12.9. The van der Waals surface area contributed by atoms with E-state index in [2.05, 4.69) is 41.5 Å². The monoisotopic (exact) mass is 310 g/mol. The van der Waals surface area contributed by atoms with Gasteiger partial charge in [-0.15, -0.1) is 11.3 Å². The number of thiophene rings is 1. The van der Waals surface area contributed by atoms with Crippen LogP contribution in [0.15, 0.2) is 36.5 Å². The van der Waals surface area contributed by atoms with E-state index < -0.39 is 0 Å². The third-order valence-corrected chi connectivity index (χ3v) is 4.60. The molecule has 0 radical (unpaired) electrons. The lowest BCUT2D eigenvalue weighted by molar-refractivity contribution is 0.891. The molecule has 3 aromatic rings. The summed E-state index contributed by atoms with van der Waals surface area (Å²) in [5, 5.41) is 4.63. The fourth-order valence-electron chi connectivity index (χ4n) is 2.12. The largest absolute Gasteiger partial charge is 0.378 e. The number of H-pyrrole nitrogens is 1. The van der Waals surface area contributed by atoms with E-state index >= 15 is 0 Å². The quantitative estimate of drug-likeness (QED) is 0.637. The standard InChI is InChI=1S/C14H12Cl2N2S/c1-8(11-7-13(15)19-14(11)16)18-10-2-3-12-9(6-10)4-5-17-12/h2-8,17-18H,1H3. The van der Waals surface area contributed by atoms with Gasteiger partial charge in [0.25, 0.3) is 0 Å². The van der Waals surface area contributed by atoms with Crippen molar-refractivity contribution in [3.63, 3.8) is 0 Å². The molecule has 0 aliphatic rings. The fraction of sp³-hybridized carbons (Fsp3) is 0.143. The number of benzene rings is 1. The minimum absolute atomic E-state index is 0.118. The number of halogens is 2. The van der Waals surface area contributed by atoms with E-state index in [1.54, 1.807) is 0 Å². The predicted molar refractivity (Wildman–Crippen MR) is 84.7 cm³/mol. The van der Waals surface area contributed by atoms with Crippen LogP contribution in [-0.4, -0.2) is 4.98 Å². The van der Waals surface area contributed by atoms with Crippen LogP contribution in [0, 0.1) is 0 Å². The Morgan fingerprint density at radius 2 is 2.05 bits per heavy atom. The molecule has 2 N–H and O–H groups in total. The summed E-state index contributed by atoms with van der Waals surface area (Å²) in [5.41, 5.74) is 3.23. The van der Waals surface area contributed by atoms with Crippen molar-refractivity contribution in [2.45, 2.75) is 13.0 Å². The van der Waals surface area contributed by atoms with Gasteiger partial charge in [0, 0.05) is 28.4 Å². The molecule has 0 saturated heterocycles. The molecule has 1 atom stereocenters. The zero-order chi connectivity index (χ0) is 13.4. The molecule has 0 fully saturated rings. The summed E-state index contributed by atoms with van der Waals surface area (Å²) in [5.74, 6) is 0. The average molecular weight is 311 g/mol. The summed E-state index contributed by atoms with van der Waals surface area (Å²) in [6.07, 6.45) is 1.94. The van der Waals surface area contributed by atoms with Gasteiger partial charge in [0.05, 0.1) is 14.7 Å². The predicted octanol–water partition coefficient (Wildman–Crippen LogP) is 5.71. The van der Waals surface area contributed by atoms with E-state index in [9.17, 15) is 0 Å². The van der Waals surface area contributed by atoms with E-state index in [0.29, 0.717) is 0 Å². The van der Waals surface area contributed by atoms with Crippen LogP contribution in [-0.2, 0) is 0 Å². The van der Waals surface area contributed by atoms with Gasteiger partial charge >= 0.3 is 0 Å². The number of fused-ring (bicyclic) bond motifs is 1. The van der Waals surface area contributed by atoms with Crippen LogP contribution in [0.3, 0.4) is 0 Å². The third-order valence-electron chi connectivity index (χ3n) is 3.09. The molecule has 0 bridgehead atoms. The second-order valence-corrected chi connectivity index (χ2v) is 6.71. The maximum atomic E-state index is 6.17. The SMILES string of the molecule is CC(Nc1ccc2[nH]ccc2c1)c1cc(Cl)sc1Cl. The summed E-state index contributed by atoms with van der Waals surface area (Å²) in [6, 6.07) is 10.3. The van der Waals surface area contributed by atoms with Gasteiger partial charge in [-0.25, -0.2) is 0 Å². The molecule has 0 spiro atoms. The topological polar surface area (TPSA) is 27.8 Å². The second-order valence-electron chi connectivity index (χ2n) is 4.43. The number of hydrogen-bond donors (Lipinski definition) is 2. The van der Waals surface area contributed by atoms with Crippen molar-refractivity contribution in [3.05, 3.63) is 50.8 Å². The molecule has 0 saturated carbocycles. The fourth-order valence-corrected chi connectivity index (χ4v) is 3.76. The van der Waals surface area contributed by atoms with Gasteiger partial charge in [-0.2, -0.15) is 0 Å². The highest BCUT2D eigenvalue weighted by molar-refractivity contribution is 7.20. The van der Waals surface area contributed by atoms with E-state index in [1.165, 1.54) is 16.7 Å². The summed E-state index contributed by atoms with van der Waals surface area (Å²) < 4.78 is 1.46. The number of anilines is 1. The molecule has 2 aromatic heterocycles. The molecular weight excluding hydrogens is 299 g/mol. The summed E-state index contributed by atoms with van der Waals surface area (Å²) in [6.45, 7) is 2.07. The number of aromatic amines is 1. The molecule has 0 aliphatic carbocycles. The van der Waals surface area contributed by atoms with Gasteiger partial charge in [-0.05, 0) is 37.3 Å². The van der Waals surface area contributed by atoms with Crippen molar-refractivity contribution in [2.75, 3.05) is 5.32 Å². The Hall–Kier alpha value is -1.16. The minimum Gasteiger partial charge on any atom is -0.378 e. The Morgan fingerprint density at radius 1 is 1.21 bits per heavy atom. The van der Waals surface area contributed by atoms with Gasteiger partial charge in [-0.3, -0.25) is 0 Å². The van der Waals surface area contributed by atoms with Crippen LogP contribution in [0.1, 0.15) is 18.5 Å². The zero-order valence-corrected chi connectivity index (χ0v) is 12.5. The normalized spacial score (nSPS) is 12.8. The van der Waals surface area contributed by atoms with Crippen molar-refractivity contribution >= 4 is 51.1 Å². The lowest BCUT2D eigenvalue weighted by Gasteiger charge is -2.14. The molecular formula is C14H12Cl2N2S. The molecule has 3 rings (SSSR count). The number of aromatic nitrogens is 1. The highest BCUT2D eigenvalue weighted by atomic mass is 35.5. The van der Waals surface area contributed by atoms with E-state index in [0.717, 1.165) is 25.4 Å². The Labute approximate surface area is 125 Å². The van der Waals surface area contributed by atoms with Crippen molar-refractivity contribution in [1.29, 1.82) is 0 Å². The van der Waals surface area contributed by atoms with Gasteiger partial charge in [0.1, 0.15) is 0 Å². The Morgan fingerprint density at radius 3 is 2.79 bits per heavy atom. The number of nitrogens with one attached hydrogen (secondary N) is 2. The van der Waals surface area contributed by atoms with Crippen molar-refractivity contribution in [3.8, 4) is 0 Å². The van der Waals surface area contributed by atoms with Gasteiger partial charge in [-0.1, -0.05) is 23.2 Å². The van der Waals surface area contributed by atoms with Crippen LogP contribution in [0.4, 0.5) is 5.69 Å². The third kappa shape index (κ3) is 2.59. The molecule has 1 aromatic carbocycles. The lowest BCUT2D eigenvalue weighted by Crippen LogP contribution is -2.05. The molecule has 0 amide bonds. The first-order valence-corrected chi connectivity index (χ1v) is 7.49. The number of rotatable bonds is 3. The average Bonchev–Trinajstić information content (AvgIpc) is 2.94. The van der Waals surface area contributed by atoms with Crippen LogP contribution in [0.25, 0.3) is 10.9 Å². The van der Waals surface area contributed by atoms with E-state index in [-0.39, 0.29) is 6.04 Å². The van der Waals surface area contributed by atoms with Crippen molar-refractivity contribution < 1.29 is 0 Å². The van der Waals surface area contributed by atoms with E-state index in [1.807, 2.05) is 12.3 Å². The molecule has 19 heavy (non-hydrogen) atoms. The Bertz CT molecular complexity index is 717. The van der Waals surface area contributed by atoms with Crippen molar-refractivity contribution in [2.24, 2.45) is 0 Å². The highest BCUT2D eigenvalue weighted by Gasteiger charge is 2.13. The lowest BCUT2D eigenvalue weighted by atomic mass is 10.1. The van der Waals surface area contributed by atoms with Crippen LogP contribution in [0.5, 0.6) is 0 Å². The molecule has 98 valence electrons. The molecule has 2 heterocycles. The van der Waals surface area contributed by atoms with Gasteiger partial charge in [0.15, 0.2) is 0 Å². The van der Waals surface area contributed by atoms with E-state index in [4.69, 9.17) is 23.2 Å². The Balaban J connectivity index is 1.85. The Kier molecular flexibility index (Phi) is 3.44. The smallest absolute Gasteiger partial charge is 0.0996 e. The number of hydrogen-bond acceptors (Lipinski definition) is 2. The molecule has 2 nitrogen and oxygen atoms in total. The van der Waals surface area contributed by atoms with Crippen LogP contribution >= 0.6 is 34.5 Å². The molecule has 0 aliphatic heterocycles. The van der Waals surface area contributed by atoms with Crippen LogP contribution in [0.2, 0.25) is 8.67 Å². The molecule has 5 heteroatoms. The van der Waals surface area contributed by atoms with Crippen molar-refractivity contribution in [1.82, 2.24) is 4.98 Å². The maximum absolute atomic E-state index is 6.17. The zero-order valence-electron chi connectivity index (χ0n) is 10.2. The summed E-state index contributed by atoms with van der Waals surface area (Å²) >= 11 is 13.5. The van der Waals surface area contributed by atoms with Gasteiger partial charge in [0.2, 0.25) is 0 Å².